The molecule has 42 heavy (non-hydrogen) atoms. The molecule has 1 aromatic carbocycles. The van der Waals surface area contributed by atoms with Gasteiger partial charge in [0.15, 0.2) is 11.4 Å². The van der Waals surface area contributed by atoms with Gasteiger partial charge in [0.25, 0.3) is 0 Å². The zero-order chi connectivity index (χ0) is 29.2. The lowest BCUT2D eigenvalue weighted by atomic mass is 9.73. The molecule has 3 saturated carbocycles. The van der Waals surface area contributed by atoms with Gasteiger partial charge in [-0.15, -0.1) is 0 Å². The van der Waals surface area contributed by atoms with Gasteiger partial charge in [-0.2, -0.15) is 0 Å². The third kappa shape index (κ3) is 4.61. The Balaban J connectivity index is 1.46. The Kier molecular flexibility index (Phi) is 7.39. The van der Waals surface area contributed by atoms with Crippen molar-refractivity contribution in [3.63, 3.8) is 0 Å². The molecule has 11 heteroatoms. The van der Waals surface area contributed by atoms with Crippen molar-refractivity contribution in [2.45, 2.75) is 119 Å². The van der Waals surface area contributed by atoms with Crippen LogP contribution in [0.1, 0.15) is 106 Å². The van der Waals surface area contributed by atoms with Crippen molar-refractivity contribution in [3.8, 4) is 11.5 Å². The Morgan fingerprint density at radius 1 is 1.10 bits per heavy atom. The van der Waals surface area contributed by atoms with Crippen molar-refractivity contribution in [1.29, 1.82) is 0 Å². The van der Waals surface area contributed by atoms with Gasteiger partial charge in [-0.05, 0) is 64.7 Å². The molecule has 5 aliphatic rings. The van der Waals surface area contributed by atoms with Crippen LogP contribution in [0.2, 0.25) is 0 Å². The van der Waals surface area contributed by atoms with E-state index in [0.717, 1.165) is 75.3 Å². The fourth-order valence-electron chi connectivity index (χ4n) is 8.34. The second-order valence-corrected chi connectivity index (χ2v) is 15.7. The Hall–Kier alpha value is -2.08. The van der Waals surface area contributed by atoms with E-state index >= 15 is 0 Å². The lowest BCUT2D eigenvalue weighted by molar-refractivity contribution is -0.0727. The van der Waals surface area contributed by atoms with Gasteiger partial charge in [0.2, 0.25) is 0 Å². The summed E-state index contributed by atoms with van der Waals surface area (Å²) >= 11 is 0. The fraction of sp³-hybridized carbons (Fsp3) is 0.677. The molecule has 0 amide bonds. The van der Waals surface area contributed by atoms with Crippen LogP contribution in [0.15, 0.2) is 20.3 Å². The maximum atomic E-state index is 14.2. The zero-order valence-electron chi connectivity index (χ0n) is 24.1. The zero-order valence-corrected chi connectivity index (χ0v) is 25.7. The first-order valence-electron chi connectivity index (χ1n) is 15.4. The van der Waals surface area contributed by atoms with Crippen LogP contribution >= 0.6 is 21.6 Å². The number of nitrogens with two attached hydrogens (primary N) is 2. The predicted octanol–water partition coefficient (Wildman–Crippen LogP) is 5.02. The van der Waals surface area contributed by atoms with Gasteiger partial charge in [-0.1, -0.05) is 34.4 Å². The van der Waals surface area contributed by atoms with Gasteiger partial charge < -0.3 is 35.6 Å². The fourth-order valence-corrected chi connectivity index (χ4v) is 10.7. The largest absolute Gasteiger partial charge is 0.489 e. The van der Waals surface area contributed by atoms with E-state index in [-0.39, 0.29) is 35.2 Å². The Morgan fingerprint density at radius 2 is 1.86 bits per heavy atom. The summed E-state index contributed by atoms with van der Waals surface area (Å²) in [6.07, 6.45) is 8.33. The number of guanidine groups is 1. The van der Waals surface area contributed by atoms with Crippen molar-refractivity contribution < 1.29 is 24.1 Å². The summed E-state index contributed by atoms with van der Waals surface area (Å²) in [6, 6.07) is 1.13. The second kappa shape index (κ2) is 10.8. The molecule has 228 valence electrons. The van der Waals surface area contributed by atoms with Crippen LogP contribution in [-0.2, 0) is 5.75 Å². The van der Waals surface area contributed by atoms with Crippen molar-refractivity contribution in [2.75, 3.05) is 5.75 Å². The molecule has 9 nitrogen and oxygen atoms in total. The normalized spacial score (nSPS) is 32.4. The maximum Gasteiger partial charge on any atom is 0.196 e. The summed E-state index contributed by atoms with van der Waals surface area (Å²) in [4.78, 5) is 18.8. The van der Waals surface area contributed by atoms with Gasteiger partial charge >= 0.3 is 0 Å². The molecular formula is C31H41N3O6S2. The Labute approximate surface area is 253 Å². The van der Waals surface area contributed by atoms with E-state index in [1.54, 1.807) is 21.6 Å². The minimum absolute atomic E-state index is 0.00582. The molecule has 2 aromatic rings. The number of nitrogens with zero attached hydrogens (tertiary/aromatic N) is 1. The number of ether oxygens (including phenoxy) is 2. The molecular weight excluding hydrogens is 574 g/mol. The van der Waals surface area contributed by atoms with E-state index in [4.69, 9.17) is 25.4 Å². The number of aliphatic hydroxyl groups excluding tert-OH is 1. The Bertz CT molecular complexity index is 1460. The minimum Gasteiger partial charge on any atom is -0.489 e. The second-order valence-electron chi connectivity index (χ2n) is 13.1. The van der Waals surface area contributed by atoms with Crippen LogP contribution < -0.4 is 26.4 Å². The van der Waals surface area contributed by atoms with Crippen LogP contribution in [0.4, 0.5) is 0 Å². The molecule has 3 aliphatic carbocycles. The monoisotopic (exact) mass is 615 g/mol. The average Bonchev–Trinajstić information content (AvgIpc) is 3.71. The molecule has 1 spiro atoms. The summed E-state index contributed by atoms with van der Waals surface area (Å²) < 4.78 is 20.1. The van der Waals surface area contributed by atoms with Gasteiger partial charge in [0, 0.05) is 40.0 Å². The molecule has 6 N–H and O–H groups in total. The highest BCUT2D eigenvalue weighted by Crippen LogP contribution is 2.58. The van der Waals surface area contributed by atoms with Crippen molar-refractivity contribution >= 4 is 38.5 Å². The van der Waals surface area contributed by atoms with Crippen molar-refractivity contribution in [1.82, 2.24) is 0 Å². The van der Waals surface area contributed by atoms with Crippen LogP contribution in [0.3, 0.4) is 0 Å². The summed E-state index contributed by atoms with van der Waals surface area (Å²) in [5.74, 6) is 2.50. The quantitative estimate of drug-likeness (QED) is 0.210. The number of fused-ring (bicyclic) bond motifs is 5. The summed E-state index contributed by atoms with van der Waals surface area (Å²) in [5.41, 5.74) is 12.0. The van der Waals surface area contributed by atoms with E-state index in [1.165, 1.54) is 6.07 Å². The number of aliphatic imine (C=N–C) groups is 1. The lowest BCUT2D eigenvalue weighted by Gasteiger charge is -2.38. The summed E-state index contributed by atoms with van der Waals surface area (Å²) in [5, 5.41) is 23.8. The molecule has 1 aromatic heterocycles. The van der Waals surface area contributed by atoms with Crippen LogP contribution in [-0.4, -0.2) is 45.8 Å². The number of hydrogen-bond acceptors (Lipinski definition) is 9. The number of benzene rings is 1. The van der Waals surface area contributed by atoms with E-state index in [2.05, 4.69) is 4.99 Å². The summed E-state index contributed by atoms with van der Waals surface area (Å²) in [6.45, 7) is 1.85. The van der Waals surface area contributed by atoms with Crippen molar-refractivity contribution in [3.05, 3.63) is 33.2 Å². The van der Waals surface area contributed by atoms with E-state index < -0.39 is 23.2 Å². The smallest absolute Gasteiger partial charge is 0.196 e. The SMILES string of the molecule is C[C@@]1(O)CCC[C@H]2c3c(c4c5oc(cc(=O)c5c3OC3CCCC3)[C@H](O)C3(CCCC3)[C@H](N=C(N)N)CSSC4)O[C@@H]21. The van der Waals surface area contributed by atoms with E-state index in [0.29, 0.717) is 40.4 Å². The predicted molar refractivity (Wildman–Crippen MR) is 166 cm³/mol. The average molecular weight is 616 g/mol. The first kappa shape index (κ1) is 28.7. The van der Waals surface area contributed by atoms with Gasteiger partial charge in [0.05, 0.1) is 17.7 Å². The molecule has 0 radical (unpaired) electrons. The van der Waals surface area contributed by atoms with Crippen LogP contribution in [0, 0.1) is 5.41 Å². The molecule has 2 aliphatic heterocycles. The number of aliphatic hydroxyl groups is 2. The van der Waals surface area contributed by atoms with Crippen LogP contribution in [0.25, 0.3) is 11.0 Å². The number of hydrogen-bond donors (Lipinski definition) is 4. The standard InChI is InChI=1S/C31H41N3O6S2/c1-30(37)10-6-9-17-22-24(40-28(17)30)18-14-41-42-15-21(34-29(32)33)31(11-4-5-12-31)27(36)20-13-19(35)23(25(18)39-20)26(22)38-16-7-2-3-8-16/h13,16-17,21,27-28,36-37H,2-12,14-15H2,1H3,(H4,32,33,34)/t17-,21+,27-,28-,30+/m0/s1. The highest BCUT2D eigenvalue weighted by molar-refractivity contribution is 8.76. The third-order valence-corrected chi connectivity index (χ3v) is 12.7. The molecule has 7 rings (SSSR count). The molecule has 5 atom stereocenters. The van der Waals surface area contributed by atoms with Gasteiger partial charge in [-0.3, -0.25) is 4.79 Å². The van der Waals surface area contributed by atoms with E-state index in [1.807, 2.05) is 6.92 Å². The molecule has 0 saturated heterocycles. The number of rotatable bonds is 3. The first-order valence-corrected chi connectivity index (χ1v) is 17.9. The molecule has 3 heterocycles. The highest BCUT2D eigenvalue weighted by atomic mass is 33.1. The Morgan fingerprint density at radius 3 is 2.60 bits per heavy atom. The molecule has 3 fully saturated rings. The molecule has 0 unspecified atom stereocenters. The third-order valence-electron chi connectivity index (χ3n) is 10.4. The molecule has 2 bridgehead atoms. The summed E-state index contributed by atoms with van der Waals surface area (Å²) in [7, 11) is 3.30. The topological polar surface area (TPSA) is 154 Å². The maximum absolute atomic E-state index is 14.2. The van der Waals surface area contributed by atoms with Crippen LogP contribution in [0.5, 0.6) is 11.5 Å². The van der Waals surface area contributed by atoms with Crippen molar-refractivity contribution in [2.24, 2.45) is 21.9 Å². The minimum atomic E-state index is -1.06. The highest BCUT2D eigenvalue weighted by Gasteiger charge is 2.52. The first-order chi connectivity index (χ1) is 20.2. The van der Waals surface area contributed by atoms with Gasteiger partial charge in [0.1, 0.15) is 40.4 Å². The van der Waals surface area contributed by atoms with E-state index in [9.17, 15) is 15.0 Å². The lowest BCUT2D eigenvalue weighted by Crippen LogP contribution is -2.47. The van der Waals surface area contributed by atoms with Gasteiger partial charge in [-0.25, -0.2) is 4.99 Å².